The maximum atomic E-state index is 6.05. The number of hydrogen-bond donors (Lipinski definition) is 1. The van der Waals surface area contributed by atoms with Gasteiger partial charge in [-0.1, -0.05) is 47.0 Å². The van der Waals surface area contributed by atoms with Crippen LogP contribution in [0.3, 0.4) is 0 Å². The molecule has 19 heavy (non-hydrogen) atoms. The summed E-state index contributed by atoms with van der Waals surface area (Å²) in [4.78, 5) is 0.238. The van der Waals surface area contributed by atoms with E-state index in [9.17, 15) is 0 Å². The molecule has 98 valence electrons. The highest BCUT2D eigenvalue weighted by Gasteiger charge is 2.06. The van der Waals surface area contributed by atoms with E-state index in [-0.39, 0.29) is 4.99 Å². The molecule has 0 unspecified atom stereocenters. The first-order chi connectivity index (χ1) is 8.95. The van der Waals surface area contributed by atoms with Gasteiger partial charge in [0.15, 0.2) is 0 Å². The number of nitrogens with two attached hydrogens (primary N) is 1. The van der Waals surface area contributed by atoms with Crippen LogP contribution in [0, 0.1) is 0 Å². The Balaban J connectivity index is 2.28. The van der Waals surface area contributed by atoms with Crippen molar-refractivity contribution >= 4 is 52.0 Å². The van der Waals surface area contributed by atoms with E-state index in [1.807, 2.05) is 0 Å². The fraction of sp³-hybridized carbons (Fsp3) is 0. The van der Waals surface area contributed by atoms with Gasteiger partial charge in [0.2, 0.25) is 0 Å². The molecule has 0 radical (unpaired) electrons. The molecule has 0 atom stereocenters. The predicted octanol–water partition coefficient (Wildman–Crippen LogP) is 5.07. The van der Waals surface area contributed by atoms with Gasteiger partial charge >= 0.3 is 0 Å². The highest BCUT2D eigenvalue weighted by atomic mass is 35.5. The van der Waals surface area contributed by atoms with Gasteiger partial charge in [0.05, 0.1) is 5.02 Å². The molecule has 0 saturated carbocycles. The van der Waals surface area contributed by atoms with Crippen LogP contribution in [-0.2, 0) is 0 Å². The Bertz CT molecular complexity index is 626. The standard InChI is InChI=1S/C13H8Cl3NOS/c14-7-3-8(15)5-10(4-7)18-9-1-2-11(13(17)19)12(16)6-9/h1-6H,(H2,17,19). The van der Waals surface area contributed by atoms with E-state index in [0.29, 0.717) is 32.1 Å². The zero-order chi connectivity index (χ0) is 14.0. The molecule has 0 aromatic heterocycles. The summed E-state index contributed by atoms with van der Waals surface area (Å²) in [6.07, 6.45) is 0. The van der Waals surface area contributed by atoms with Crippen LogP contribution in [0.25, 0.3) is 0 Å². The molecule has 2 aromatic carbocycles. The minimum atomic E-state index is 0.238. The smallest absolute Gasteiger partial charge is 0.130 e. The fourth-order valence-corrected chi connectivity index (χ4v) is 2.50. The van der Waals surface area contributed by atoms with Crippen LogP contribution < -0.4 is 10.5 Å². The Labute approximate surface area is 131 Å². The van der Waals surface area contributed by atoms with Gasteiger partial charge in [-0.25, -0.2) is 0 Å². The Morgan fingerprint density at radius 2 is 1.58 bits per heavy atom. The lowest BCUT2D eigenvalue weighted by atomic mass is 10.2. The van der Waals surface area contributed by atoms with Crippen molar-refractivity contribution in [1.82, 2.24) is 0 Å². The number of halogens is 3. The van der Waals surface area contributed by atoms with E-state index in [1.165, 1.54) is 0 Å². The molecular weight excluding hydrogens is 325 g/mol. The molecule has 0 fully saturated rings. The molecule has 2 rings (SSSR count). The molecule has 0 bridgehead atoms. The summed E-state index contributed by atoms with van der Waals surface area (Å²) >= 11 is 22.7. The maximum absolute atomic E-state index is 6.05. The molecule has 0 spiro atoms. The van der Waals surface area contributed by atoms with Gasteiger partial charge in [0.25, 0.3) is 0 Å². The van der Waals surface area contributed by atoms with Crippen LogP contribution in [-0.4, -0.2) is 4.99 Å². The van der Waals surface area contributed by atoms with Crippen LogP contribution in [0.2, 0.25) is 15.1 Å². The lowest BCUT2D eigenvalue weighted by Crippen LogP contribution is -2.09. The molecule has 0 aliphatic rings. The molecule has 0 amide bonds. The van der Waals surface area contributed by atoms with Crippen molar-refractivity contribution in [2.45, 2.75) is 0 Å². The molecule has 0 aliphatic carbocycles. The molecule has 0 aliphatic heterocycles. The summed E-state index contributed by atoms with van der Waals surface area (Å²) in [5, 5.41) is 1.42. The van der Waals surface area contributed by atoms with E-state index in [1.54, 1.807) is 36.4 Å². The Kier molecular flexibility index (Phi) is 4.53. The van der Waals surface area contributed by atoms with Gasteiger partial charge in [0.1, 0.15) is 16.5 Å². The first-order valence-corrected chi connectivity index (χ1v) is 6.73. The van der Waals surface area contributed by atoms with Crippen molar-refractivity contribution in [3.63, 3.8) is 0 Å². The van der Waals surface area contributed by atoms with Crippen molar-refractivity contribution in [3.8, 4) is 11.5 Å². The quantitative estimate of drug-likeness (QED) is 0.797. The van der Waals surface area contributed by atoms with Gasteiger partial charge < -0.3 is 10.5 Å². The molecule has 2 nitrogen and oxygen atoms in total. The predicted molar refractivity (Wildman–Crippen MR) is 83.9 cm³/mol. The molecule has 2 N–H and O–H groups in total. The number of thiocarbonyl (C=S) groups is 1. The third-order valence-electron chi connectivity index (χ3n) is 2.28. The van der Waals surface area contributed by atoms with E-state index in [4.69, 9.17) is 57.5 Å². The molecule has 0 heterocycles. The lowest BCUT2D eigenvalue weighted by Gasteiger charge is -2.09. The van der Waals surface area contributed by atoms with Crippen LogP contribution in [0.1, 0.15) is 5.56 Å². The monoisotopic (exact) mass is 331 g/mol. The zero-order valence-corrected chi connectivity index (χ0v) is 12.6. The second-order valence-corrected chi connectivity index (χ2v) is 5.43. The molecular formula is C13H8Cl3NOS. The third kappa shape index (κ3) is 3.74. The van der Waals surface area contributed by atoms with Crippen molar-refractivity contribution in [1.29, 1.82) is 0 Å². The number of benzene rings is 2. The summed E-state index contributed by atoms with van der Waals surface area (Å²) in [6, 6.07) is 9.98. The molecule has 2 aromatic rings. The minimum absolute atomic E-state index is 0.238. The fourth-order valence-electron chi connectivity index (χ4n) is 1.48. The maximum Gasteiger partial charge on any atom is 0.130 e. The van der Waals surface area contributed by atoms with E-state index < -0.39 is 0 Å². The van der Waals surface area contributed by atoms with Crippen LogP contribution in [0.15, 0.2) is 36.4 Å². The van der Waals surface area contributed by atoms with Crippen molar-refractivity contribution in [2.24, 2.45) is 5.73 Å². The zero-order valence-electron chi connectivity index (χ0n) is 9.49. The summed E-state index contributed by atoms with van der Waals surface area (Å²) in [7, 11) is 0. The van der Waals surface area contributed by atoms with E-state index >= 15 is 0 Å². The summed E-state index contributed by atoms with van der Waals surface area (Å²) in [6.45, 7) is 0. The Morgan fingerprint density at radius 3 is 2.11 bits per heavy atom. The summed E-state index contributed by atoms with van der Waals surface area (Å²) in [5.41, 5.74) is 6.13. The van der Waals surface area contributed by atoms with Crippen molar-refractivity contribution < 1.29 is 4.74 Å². The third-order valence-corrected chi connectivity index (χ3v) is 3.25. The first kappa shape index (κ1) is 14.4. The van der Waals surface area contributed by atoms with Crippen molar-refractivity contribution in [3.05, 3.63) is 57.0 Å². The highest BCUT2D eigenvalue weighted by Crippen LogP contribution is 2.30. The molecule has 0 saturated heterocycles. The number of hydrogen-bond acceptors (Lipinski definition) is 2. The van der Waals surface area contributed by atoms with E-state index in [2.05, 4.69) is 0 Å². The van der Waals surface area contributed by atoms with Crippen LogP contribution >= 0.6 is 47.0 Å². The van der Waals surface area contributed by atoms with E-state index in [0.717, 1.165) is 0 Å². The van der Waals surface area contributed by atoms with Gasteiger partial charge in [-0.2, -0.15) is 0 Å². The molecule has 6 heteroatoms. The average Bonchev–Trinajstić information content (AvgIpc) is 2.26. The number of ether oxygens (including phenoxy) is 1. The first-order valence-electron chi connectivity index (χ1n) is 5.19. The SMILES string of the molecule is NC(=S)c1ccc(Oc2cc(Cl)cc(Cl)c2)cc1Cl. The average molecular weight is 333 g/mol. The second kappa shape index (κ2) is 5.97. The second-order valence-electron chi connectivity index (χ2n) is 3.71. The Hall–Kier alpha value is -1.000. The summed E-state index contributed by atoms with van der Waals surface area (Å²) in [5.74, 6) is 1.07. The highest BCUT2D eigenvalue weighted by molar-refractivity contribution is 7.80. The summed E-state index contributed by atoms with van der Waals surface area (Å²) < 4.78 is 5.62. The van der Waals surface area contributed by atoms with Crippen molar-refractivity contribution in [2.75, 3.05) is 0 Å². The van der Waals surface area contributed by atoms with Gasteiger partial charge in [-0.05, 0) is 30.3 Å². The van der Waals surface area contributed by atoms with Crippen LogP contribution in [0.5, 0.6) is 11.5 Å². The number of rotatable bonds is 3. The lowest BCUT2D eigenvalue weighted by molar-refractivity contribution is 0.483. The van der Waals surface area contributed by atoms with Gasteiger partial charge in [0, 0.05) is 21.7 Å². The van der Waals surface area contributed by atoms with Gasteiger partial charge in [-0.15, -0.1) is 0 Å². The largest absolute Gasteiger partial charge is 0.457 e. The minimum Gasteiger partial charge on any atom is -0.457 e. The normalized spacial score (nSPS) is 10.3. The topological polar surface area (TPSA) is 35.2 Å². The Morgan fingerprint density at radius 1 is 0.947 bits per heavy atom. The van der Waals surface area contributed by atoms with Gasteiger partial charge in [-0.3, -0.25) is 0 Å². The van der Waals surface area contributed by atoms with Crippen LogP contribution in [0.4, 0.5) is 0 Å².